The van der Waals surface area contributed by atoms with Crippen molar-refractivity contribution in [2.24, 2.45) is 5.41 Å². The molecular formula is C24H26F4N2O2. The van der Waals surface area contributed by atoms with E-state index in [0.717, 1.165) is 30.5 Å². The first-order valence-corrected chi connectivity index (χ1v) is 9.72. The van der Waals surface area contributed by atoms with Crippen LogP contribution in [-0.2, 0) is 4.74 Å². The van der Waals surface area contributed by atoms with Gasteiger partial charge >= 0.3 is 6.09 Å². The standard InChI is InChI=1S/C24H26F4N2O2/c1-22(2,3)32-21(31)30-19-15(16-12-14(25)6-7-18(16)26)9-11-29-20(19)17-8-10-24(27,28)13-23(17,4)5/h6-9,11-12H,10,13H2,1-5H3,(H,30,31)/i4D3,5D3. The molecular weight excluding hydrogens is 424 g/mol. The lowest BCUT2D eigenvalue weighted by atomic mass is 9.72. The first kappa shape index (κ1) is 16.7. The number of pyridine rings is 1. The molecule has 1 aliphatic carbocycles. The Hall–Kier alpha value is -2.90. The largest absolute Gasteiger partial charge is 0.444 e. The van der Waals surface area contributed by atoms with E-state index in [9.17, 15) is 22.4 Å². The first-order valence-electron chi connectivity index (χ1n) is 12.7. The molecule has 0 aliphatic heterocycles. The van der Waals surface area contributed by atoms with E-state index in [0.29, 0.717) is 0 Å². The molecule has 1 amide bonds. The molecule has 1 heterocycles. The van der Waals surface area contributed by atoms with Crippen molar-refractivity contribution in [3.05, 3.63) is 53.9 Å². The normalized spacial score (nSPS) is 21.0. The highest BCUT2D eigenvalue weighted by Crippen LogP contribution is 2.50. The van der Waals surface area contributed by atoms with Crippen molar-refractivity contribution in [3.8, 4) is 11.1 Å². The highest BCUT2D eigenvalue weighted by Gasteiger charge is 2.43. The number of aromatic nitrogens is 1. The monoisotopic (exact) mass is 456 g/mol. The van der Waals surface area contributed by atoms with Crippen LogP contribution in [-0.4, -0.2) is 22.6 Å². The Morgan fingerprint density at radius 2 is 1.91 bits per heavy atom. The molecule has 3 rings (SSSR count). The van der Waals surface area contributed by atoms with Crippen LogP contribution < -0.4 is 5.32 Å². The Balaban J connectivity index is 2.40. The molecule has 2 aromatic rings. The van der Waals surface area contributed by atoms with Crippen LogP contribution in [0.5, 0.6) is 0 Å². The van der Waals surface area contributed by atoms with Crippen LogP contribution in [0.4, 0.5) is 28.0 Å². The van der Waals surface area contributed by atoms with Gasteiger partial charge in [0.15, 0.2) is 0 Å². The van der Waals surface area contributed by atoms with E-state index in [2.05, 4.69) is 10.3 Å². The number of hydrogen-bond acceptors (Lipinski definition) is 3. The molecule has 1 aromatic carbocycles. The number of amides is 1. The SMILES string of the molecule is [2H]C([2H])([2H])C1(C([2H])([2H])[2H])CC(F)(F)CC=C1c1nccc(-c2cc(F)ccc2F)c1NC(=O)OC(C)(C)C. The van der Waals surface area contributed by atoms with Crippen LogP contribution >= 0.6 is 0 Å². The Kier molecular flexibility index (Phi) is 4.29. The quantitative estimate of drug-likeness (QED) is 0.497. The van der Waals surface area contributed by atoms with Gasteiger partial charge in [-0.3, -0.25) is 10.3 Å². The molecule has 0 radical (unpaired) electrons. The van der Waals surface area contributed by atoms with Gasteiger partial charge in [0.2, 0.25) is 0 Å². The average Bonchev–Trinajstić information content (AvgIpc) is 2.72. The van der Waals surface area contributed by atoms with Crippen molar-refractivity contribution in [3.63, 3.8) is 0 Å². The Bertz CT molecular complexity index is 1260. The number of nitrogens with zero attached hydrogens (tertiary/aromatic N) is 1. The van der Waals surface area contributed by atoms with Crippen LogP contribution in [0.1, 0.15) is 61.2 Å². The second-order valence-electron chi connectivity index (χ2n) is 8.59. The van der Waals surface area contributed by atoms with Gasteiger partial charge in [0.05, 0.1) is 11.4 Å². The molecule has 172 valence electrons. The molecule has 0 bridgehead atoms. The number of nitrogens with one attached hydrogen (secondary N) is 1. The van der Waals surface area contributed by atoms with Crippen molar-refractivity contribution in [1.82, 2.24) is 4.98 Å². The Morgan fingerprint density at radius 3 is 2.56 bits per heavy atom. The minimum atomic E-state index is -3.68. The number of carbonyl (C=O) groups excluding carboxylic acids is 1. The second-order valence-corrected chi connectivity index (χ2v) is 8.59. The molecule has 8 heteroatoms. The number of alkyl halides is 2. The zero-order chi connectivity index (χ0) is 28.9. The van der Waals surface area contributed by atoms with E-state index in [4.69, 9.17) is 13.0 Å². The zero-order valence-electron chi connectivity index (χ0n) is 23.7. The summed E-state index contributed by atoms with van der Waals surface area (Å²) in [5, 5.41) is 2.33. The van der Waals surface area contributed by atoms with Crippen LogP contribution in [0.15, 0.2) is 36.5 Å². The number of allylic oxidation sites excluding steroid dienone is 2. The summed E-state index contributed by atoms with van der Waals surface area (Å²) in [6, 6.07) is 3.65. The maximum Gasteiger partial charge on any atom is 0.412 e. The van der Waals surface area contributed by atoms with Crippen molar-refractivity contribution in [2.45, 2.75) is 58.8 Å². The third-order valence-electron chi connectivity index (χ3n) is 4.64. The number of benzene rings is 1. The van der Waals surface area contributed by atoms with Gasteiger partial charge in [-0.15, -0.1) is 0 Å². The highest BCUT2D eigenvalue weighted by molar-refractivity contribution is 5.97. The molecule has 0 saturated carbocycles. The molecule has 0 atom stereocenters. The number of rotatable bonds is 3. The van der Waals surface area contributed by atoms with Gasteiger partial charge in [-0.05, 0) is 56.0 Å². The predicted molar refractivity (Wildman–Crippen MR) is 115 cm³/mol. The third kappa shape index (κ3) is 5.29. The predicted octanol–water partition coefficient (Wildman–Crippen LogP) is 7.21. The summed E-state index contributed by atoms with van der Waals surface area (Å²) in [7, 11) is 0. The van der Waals surface area contributed by atoms with Gasteiger partial charge in [-0.2, -0.15) is 0 Å². The summed E-state index contributed by atoms with van der Waals surface area (Å²) in [6.07, 6.45) is -1.88. The molecule has 0 fully saturated rings. The summed E-state index contributed by atoms with van der Waals surface area (Å²) in [5.74, 6) is -5.46. The Labute approximate surface area is 193 Å². The van der Waals surface area contributed by atoms with Crippen molar-refractivity contribution >= 4 is 17.4 Å². The number of anilines is 1. The zero-order valence-corrected chi connectivity index (χ0v) is 17.7. The summed E-state index contributed by atoms with van der Waals surface area (Å²) in [6.45, 7) is -2.34. The van der Waals surface area contributed by atoms with E-state index < -0.39 is 78.2 Å². The number of halogens is 4. The molecule has 0 spiro atoms. The fourth-order valence-electron chi connectivity index (χ4n) is 3.41. The van der Waals surface area contributed by atoms with Crippen molar-refractivity contribution in [2.75, 3.05) is 5.32 Å². The lowest BCUT2D eigenvalue weighted by Crippen LogP contribution is -2.32. The summed E-state index contributed by atoms with van der Waals surface area (Å²) >= 11 is 0. The number of ether oxygens (including phenoxy) is 1. The highest BCUT2D eigenvalue weighted by atomic mass is 19.3. The second kappa shape index (κ2) is 8.22. The van der Waals surface area contributed by atoms with Crippen LogP contribution in [0.3, 0.4) is 0 Å². The first-order chi connectivity index (χ1) is 17.2. The van der Waals surface area contributed by atoms with Gasteiger partial charge in [0, 0.05) is 38.4 Å². The van der Waals surface area contributed by atoms with Gasteiger partial charge in [-0.25, -0.2) is 22.4 Å². The lowest BCUT2D eigenvalue weighted by Gasteiger charge is -2.36. The maximum absolute atomic E-state index is 14.8. The smallest absolute Gasteiger partial charge is 0.412 e. The van der Waals surface area contributed by atoms with Gasteiger partial charge in [0.25, 0.3) is 5.92 Å². The third-order valence-corrected chi connectivity index (χ3v) is 4.64. The summed E-state index contributed by atoms with van der Waals surface area (Å²) < 4.78 is 112. The van der Waals surface area contributed by atoms with Gasteiger partial charge in [0.1, 0.15) is 17.2 Å². The lowest BCUT2D eigenvalue weighted by molar-refractivity contribution is -0.0310. The minimum absolute atomic E-state index is 0.207. The molecule has 0 unspecified atom stereocenters. The maximum atomic E-state index is 14.8. The van der Waals surface area contributed by atoms with E-state index in [1.807, 2.05) is 0 Å². The fourth-order valence-corrected chi connectivity index (χ4v) is 3.41. The molecule has 0 saturated heterocycles. The van der Waals surface area contributed by atoms with E-state index in [-0.39, 0.29) is 11.1 Å². The minimum Gasteiger partial charge on any atom is -0.444 e. The van der Waals surface area contributed by atoms with E-state index >= 15 is 0 Å². The summed E-state index contributed by atoms with van der Waals surface area (Å²) in [4.78, 5) is 16.8. The van der Waals surface area contributed by atoms with Crippen LogP contribution in [0, 0.1) is 17.0 Å². The molecule has 32 heavy (non-hydrogen) atoms. The van der Waals surface area contributed by atoms with Crippen molar-refractivity contribution < 1.29 is 35.3 Å². The average molecular weight is 457 g/mol. The van der Waals surface area contributed by atoms with Gasteiger partial charge in [-0.1, -0.05) is 19.8 Å². The fraction of sp³-hybridized carbons (Fsp3) is 0.417. The Morgan fingerprint density at radius 1 is 1.19 bits per heavy atom. The molecule has 1 aliphatic rings. The molecule has 4 nitrogen and oxygen atoms in total. The van der Waals surface area contributed by atoms with Crippen LogP contribution in [0.2, 0.25) is 0 Å². The van der Waals surface area contributed by atoms with Gasteiger partial charge < -0.3 is 4.74 Å². The van der Waals surface area contributed by atoms with Crippen LogP contribution in [0.25, 0.3) is 16.7 Å². The van der Waals surface area contributed by atoms with E-state index in [1.165, 1.54) is 6.07 Å². The molecule has 1 N–H and O–H groups in total. The van der Waals surface area contributed by atoms with Crippen molar-refractivity contribution in [1.29, 1.82) is 0 Å². The number of hydrogen-bond donors (Lipinski definition) is 1. The topological polar surface area (TPSA) is 51.2 Å². The number of carbonyl (C=O) groups is 1. The summed E-state index contributed by atoms with van der Waals surface area (Å²) in [5.41, 5.74) is -6.26. The molecule has 1 aromatic heterocycles. The van der Waals surface area contributed by atoms with E-state index in [1.54, 1.807) is 20.8 Å².